The summed E-state index contributed by atoms with van der Waals surface area (Å²) in [5, 5.41) is 5.58. The van der Waals surface area contributed by atoms with E-state index in [-0.39, 0.29) is 39.0 Å². The Hall–Kier alpha value is -1.30. The molecule has 0 aliphatic rings. The van der Waals surface area contributed by atoms with Crippen LogP contribution in [0.3, 0.4) is 0 Å². The van der Waals surface area contributed by atoms with Gasteiger partial charge >= 0.3 is 0 Å². The molecule has 10 heteroatoms. The summed E-state index contributed by atoms with van der Waals surface area (Å²) in [6, 6.07) is 0. The molecule has 0 aromatic heterocycles. The molecular formula is C19H38N2O8. The predicted molar refractivity (Wildman–Crippen MR) is 106 cm³/mol. The highest BCUT2D eigenvalue weighted by atomic mass is 16.7. The minimum absolute atomic E-state index is 0.00869. The SMILES string of the molecule is CCOCOCOCCNC(=O)CCCCCCC(=O)NCCOCOCOC. The zero-order chi connectivity index (χ0) is 21.4. The number of carbonyl (C=O) groups is 2. The summed E-state index contributed by atoms with van der Waals surface area (Å²) in [5.74, 6) is 0.0189. The minimum Gasteiger partial charge on any atom is -0.359 e. The summed E-state index contributed by atoms with van der Waals surface area (Å²) < 4.78 is 30.0. The van der Waals surface area contributed by atoms with Crippen LogP contribution in [0.25, 0.3) is 0 Å². The summed E-state index contributed by atoms with van der Waals surface area (Å²) in [6.45, 7) is 4.90. The van der Waals surface area contributed by atoms with Crippen molar-refractivity contribution in [1.29, 1.82) is 0 Å². The molecule has 0 atom stereocenters. The van der Waals surface area contributed by atoms with Crippen molar-refractivity contribution in [1.82, 2.24) is 10.6 Å². The summed E-state index contributed by atoms with van der Waals surface area (Å²) in [4.78, 5) is 23.3. The molecule has 2 N–H and O–H groups in total. The lowest BCUT2D eigenvalue weighted by atomic mass is 10.1. The third-order valence-corrected chi connectivity index (χ3v) is 3.60. The van der Waals surface area contributed by atoms with Gasteiger partial charge in [-0.05, 0) is 19.8 Å². The lowest BCUT2D eigenvalue weighted by Crippen LogP contribution is -2.27. The second-order valence-corrected chi connectivity index (χ2v) is 6.09. The monoisotopic (exact) mass is 422 g/mol. The van der Waals surface area contributed by atoms with Crippen molar-refractivity contribution in [3.05, 3.63) is 0 Å². The number of amides is 2. The van der Waals surface area contributed by atoms with Gasteiger partial charge in [0.2, 0.25) is 11.8 Å². The number of hydrogen-bond acceptors (Lipinski definition) is 8. The van der Waals surface area contributed by atoms with Gasteiger partial charge in [0, 0.05) is 39.6 Å². The Morgan fingerprint density at radius 2 is 1.14 bits per heavy atom. The number of hydrogen-bond donors (Lipinski definition) is 2. The molecule has 2 amide bonds. The number of nitrogens with one attached hydrogen (secondary N) is 2. The van der Waals surface area contributed by atoms with Gasteiger partial charge in [-0.25, -0.2) is 0 Å². The zero-order valence-electron chi connectivity index (χ0n) is 17.9. The van der Waals surface area contributed by atoms with Gasteiger partial charge in [0.05, 0.1) is 13.2 Å². The van der Waals surface area contributed by atoms with Crippen molar-refractivity contribution < 1.29 is 38.0 Å². The average molecular weight is 423 g/mol. The summed E-state index contributed by atoms with van der Waals surface area (Å²) in [6.07, 6.45) is 4.41. The van der Waals surface area contributed by atoms with Crippen LogP contribution in [-0.2, 0) is 38.0 Å². The van der Waals surface area contributed by atoms with Crippen LogP contribution in [0.1, 0.15) is 45.4 Å². The van der Waals surface area contributed by atoms with Gasteiger partial charge < -0.3 is 39.1 Å². The van der Waals surface area contributed by atoms with E-state index in [4.69, 9.17) is 28.4 Å². The van der Waals surface area contributed by atoms with E-state index in [1.807, 2.05) is 6.92 Å². The van der Waals surface area contributed by atoms with Gasteiger partial charge in [-0.15, -0.1) is 0 Å². The fourth-order valence-corrected chi connectivity index (χ4v) is 2.16. The van der Waals surface area contributed by atoms with E-state index in [0.29, 0.717) is 45.8 Å². The maximum atomic E-state index is 11.7. The Kier molecular flexibility index (Phi) is 22.0. The molecule has 0 radical (unpaired) electrons. The molecule has 0 bridgehead atoms. The van der Waals surface area contributed by atoms with Crippen LogP contribution in [0.5, 0.6) is 0 Å². The van der Waals surface area contributed by atoms with E-state index < -0.39 is 0 Å². The van der Waals surface area contributed by atoms with Crippen molar-refractivity contribution in [2.75, 3.05) is 67.2 Å². The fourth-order valence-electron chi connectivity index (χ4n) is 2.16. The normalized spacial score (nSPS) is 10.8. The Morgan fingerprint density at radius 1 is 0.655 bits per heavy atom. The van der Waals surface area contributed by atoms with E-state index >= 15 is 0 Å². The average Bonchev–Trinajstić information content (AvgIpc) is 2.71. The highest BCUT2D eigenvalue weighted by molar-refractivity contribution is 5.76. The van der Waals surface area contributed by atoms with Crippen molar-refractivity contribution in [2.45, 2.75) is 45.4 Å². The molecule has 0 saturated carbocycles. The molecular weight excluding hydrogens is 384 g/mol. The molecule has 0 unspecified atom stereocenters. The molecule has 0 heterocycles. The first-order valence-electron chi connectivity index (χ1n) is 10.1. The van der Waals surface area contributed by atoms with E-state index in [1.54, 1.807) is 0 Å². The number of ether oxygens (including phenoxy) is 6. The van der Waals surface area contributed by atoms with Gasteiger partial charge in [0.15, 0.2) is 0 Å². The second-order valence-electron chi connectivity index (χ2n) is 6.09. The molecule has 0 saturated heterocycles. The molecule has 0 aliphatic heterocycles. The molecule has 10 nitrogen and oxygen atoms in total. The first-order valence-corrected chi connectivity index (χ1v) is 10.1. The Labute approximate surface area is 173 Å². The lowest BCUT2D eigenvalue weighted by molar-refractivity contribution is -0.131. The summed E-state index contributed by atoms with van der Waals surface area (Å²) >= 11 is 0. The molecule has 0 rings (SSSR count). The third kappa shape index (κ3) is 22.8. The lowest BCUT2D eigenvalue weighted by Gasteiger charge is -2.08. The van der Waals surface area contributed by atoms with E-state index in [2.05, 4.69) is 10.6 Å². The molecule has 0 aliphatic carbocycles. The first-order chi connectivity index (χ1) is 14.2. The standard InChI is InChI=1S/C19H38N2O8/c1-3-25-15-29-17-27-13-11-21-19(23)9-7-5-4-6-8-18(22)20-10-12-26-16-28-14-24-2/h3-17H2,1-2H3,(H,20,22)(H,21,23). The topological polar surface area (TPSA) is 114 Å². The van der Waals surface area contributed by atoms with E-state index in [0.717, 1.165) is 25.7 Å². The van der Waals surface area contributed by atoms with Crippen LogP contribution in [0.4, 0.5) is 0 Å². The van der Waals surface area contributed by atoms with Crippen LogP contribution >= 0.6 is 0 Å². The van der Waals surface area contributed by atoms with Crippen LogP contribution in [-0.4, -0.2) is 79.0 Å². The van der Waals surface area contributed by atoms with Gasteiger partial charge in [0.25, 0.3) is 0 Å². The predicted octanol–water partition coefficient (Wildman–Crippen LogP) is 1.14. The summed E-state index contributed by atoms with van der Waals surface area (Å²) in [5.41, 5.74) is 0. The first kappa shape index (κ1) is 27.7. The summed E-state index contributed by atoms with van der Waals surface area (Å²) in [7, 11) is 1.54. The largest absolute Gasteiger partial charge is 0.359 e. The number of rotatable bonds is 22. The van der Waals surface area contributed by atoms with E-state index in [9.17, 15) is 9.59 Å². The zero-order valence-corrected chi connectivity index (χ0v) is 17.9. The van der Waals surface area contributed by atoms with Crippen LogP contribution in [0.2, 0.25) is 0 Å². The Balaban J connectivity index is 3.28. The Morgan fingerprint density at radius 3 is 1.62 bits per heavy atom. The minimum atomic E-state index is 0.00869. The highest BCUT2D eigenvalue weighted by Gasteiger charge is 2.03. The van der Waals surface area contributed by atoms with Gasteiger partial charge in [0.1, 0.15) is 27.2 Å². The van der Waals surface area contributed by atoms with Gasteiger partial charge in [-0.1, -0.05) is 12.8 Å². The van der Waals surface area contributed by atoms with Gasteiger partial charge in [-0.2, -0.15) is 0 Å². The maximum absolute atomic E-state index is 11.7. The van der Waals surface area contributed by atoms with Crippen molar-refractivity contribution in [2.24, 2.45) is 0 Å². The van der Waals surface area contributed by atoms with E-state index in [1.165, 1.54) is 7.11 Å². The van der Waals surface area contributed by atoms with Crippen LogP contribution < -0.4 is 10.6 Å². The fraction of sp³-hybridized carbons (Fsp3) is 0.895. The molecule has 0 spiro atoms. The number of unbranched alkanes of at least 4 members (excludes halogenated alkanes) is 3. The van der Waals surface area contributed by atoms with Crippen LogP contribution in [0, 0.1) is 0 Å². The van der Waals surface area contributed by atoms with Crippen LogP contribution in [0.15, 0.2) is 0 Å². The van der Waals surface area contributed by atoms with Crippen molar-refractivity contribution in [3.63, 3.8) is 0 Å². The van der Waals surface area contributed by atoms with Gasteiger partial charge in [-0.3, -0.25) is 9.59 Å². The smallest absolute Gasteiger partial charge is 0.220 e. The molecule has 172 valence electrons. The quantitative estimate of drug-likeness (QED) is 0.197. The van der Waals surface area contributed by atoms with Crippen molar-refractivity contribution >= 4 is 11.8 Å². The Bertz CT molecular complexity index is 385. The van der Waals surface area contributed by atoms with Crippen molar-refractivity contribution in [3.8, 4) is 0 Å². The molecule has 29 heavy (non-hydrogen) atoms. The highest BCUT2D eigenvalue weighted by Crippen LogP contribution is 2.05. The second kappa shape index (κ2) is 23.0. The molecule has 0 fully saturated rings. The number of methoxy groups -OCH3 is 1. The maximum Gasteiger partial charge on any atom is 0.220 e. The third-order valence-electron chi connectivity index (χ3n) is 3.60. The molecule has 0 aromatic rings. The molecule has 0 aromatic carbocycles. The number of carbonyl (C=O) groups excluding carboxylic acids is 2.